The maximum atomic E-state index is 12.2. The summed E-state index contributed by atoms with van der Waals surface area (Å²) in [5.74, 6) is -0.579. The van der Waals surface area contributed by atoms with Gasteiger partial charge in [-0.1, -0.05) is 30.5 Å². The molecule has 0 aromatic heterocycles. The first-order valence-electron chi connectivity index (χ1n) is 6.42. The Labute approximate surface area is 120 Å². The number of aliphatic hydroxyl groups is 1. The van der Waals surface area contributed by atoms with E-state index in [2.05, 4.69) is 5.32 Å². The van der Waals surface area contributed by atoms with Crippen LogP contribution in [0.15, 0.2) is 18.2 Å². The Kier molecular flexibility index (Phi) is 4.57. The minimum atomic E-state index is -0.672. The Morgan fingerprint density at radius 3 is 2.75 bits per heavy atom. The van der Waals surface area contributed by atoms with E-state index in [9.17, 15) is 20.0 Å². The summed E-state index contributed by atoms with van der Waals surface area (Å²) < 4.78 is 0. The molecule has 20 heavy (non-hydrogen) atoms. The van der Waals surface area contributed by atoms with Gasteiger partial charge in [0.1, 0.15) is 10.6 Å². The number of nitro groups is 1. The predicted molar refractivity (Wildman–Crippen MR) is 73.8 cm³/mol. The van der Waals surface area contributed by atoms with Crippen molar-refractivity contribution in [3.63, 3.8) is 0 Å². The third kappa shape index (κ3) is 3.08. The molecule has 2 atom stereocenters. The molecule has 1 saturated carbocycles. The molecule has 1 fully saturated rings. The second kappa shape index (κ2) is 6.19. The van der Waals surface area contributed by atoms with E-state index in [4.69, 9.17) is 11.6 Å². The van der Waals surface area contributed by atoms with Crippen LogP contribution in [0, 0.1) is 10.1 Å². The van der Waals surface area contributed by atoms with Crippen molar-refractivity contribution in [2.24, 2.45) is 0 Å². The number of nitro benzene ring substituents is 1. The van der Waals surface area contributed by atoms with E-state index in [1.54, 1.807) is 0 Å². The van der Waals surface area contributed by atoms with Gasteiger partial charge in [-0.15, -0.1) is 0 Å². The van der Waals surface area contributed by atoms with E-state index in [-0.39, 0.29) is 16.6 Å². The first-order valence-corrected chi connectivity index (χ1v) is 6.80. The SMILES string of the molecule is O=C(N[C@@H]1CCCC[C@H]1O)c1cccc(Cl)c1[N+](=O)[O-]. The first-order chi connectivity index (χ1) is 9.50. The van der Waals surface area contributed by atoms with Gasteiger partial charge >= 0.3 is 5.69 Å². The van der Waals surface area contributed by atoms with Crippen molar-refractivity contribution in [2.75, 3.05) is 0 Å². The summed E-state index contributed by atoms with van der Waals surface area (Å²) in [6.45, 7) is 0. The van der Waals surface area contributed by atoms with Gasteiger partial charge in [-0.3, -0.25) is 14.9 Å². The fourth-order valence-electron chi connectivity index (χ4n) is 2.41. The molecule has 0 saturated heterocycles. The minimum Gasteiger partial charge on any atom is -0.391 e. The Morgan fingerprint density at radius 2 is 2.10 bits per heavy atom. The lowest BCUT2D eigenvalue weighted by Gasteiger charge is -2.28. The second-order valence-electron chi connectivity index (χ2n) is 4.82. The first kappa shape index (κ1) is 14.7. The van der Waals surface area contributed by atoms with Crippen molar-refractivity contribution >= 4 is 23.2 Å². The van der Waals surface area contributed by atoms with Crippen molar-refractivity contribution < 1.29 is 14.8 Å². The molecular weight excluding hydrogens is 284 g/mol. The highest BCUT2D eigenvalue weighted by molar-refractivity contribution is 6.33. The number of para-hydroxylation sites is 1. The van der Waals surface area contributed by atoms with Crippen LogP contribution in [0.25, 0.3) is 0 Å². The molecule has 0 aliphatic heterocycles. The molecule has 1 aromatic carbocycles. The standard InChI is InChI=1S/C13H15ClN2O4/c14-9-5-3-4-8(12(9)16(19)20)13(18)15-10-6-1-2-7-11(10)17/h3-5,10-11,17H,1-2,6-7H2,(H,15,18)/t10-,11-/m1/s1. The van der Waals surface area contributed by atoms with Gasteiger partial charge in [0.05, 0.1) is 17.1 Å². The van der Waals surface area contributed by atoms with Gasteiger partial charge in [-0.05, 0) is 25.0 Å². The van der Waals surface area contributed by atoms with Gasteiger partial charge in [-0.2, -0.15) is 0 Å². The molecule has 108 valence electrons. The van der Waals surface area contributed by atoms with Gasteiger partial charge < -0.3 is 10.4 Å². The number of benzene rings is 1. The van der Waals surface area contributed by atoms with E-state index in [0.29, 0.717) is 12.8 Å². The van der Waals surface area contributed by atoms with Gasteiger partial charge in [0.15, 0.2) is 0 Å². The topological polar surface area (TPSA) is 92.5 Å². The van der Waals surface area contributed by atoms with Crippen LogP contribution >= 0.6 is 11.6 Å². The Morgan fingerprint density at radius 1 is 1.40 bits per heavy atom. The van der Waals surface area contributed by atoms with Crippen LogP contribution < -0.4 is 5.32 Å². The fraction of sp³-hybridized carbons (Fsp3) is 0.462. The monoisotopic (exact) mass is 298 g/mol. The van der Waals surface area contributed by atoms with Crippen molar-refractivity contribution in [2.45, 2.75) is 37.8 Å². The number of nitrogens with one attached hydrogen (secondary N) is 1. The molecular formula is C13H15ClN2O4. The zero-order valence-corrected chi connectivity index (χ0v) is 11.5. The molecule has 6 nitrogen and oxygen atoms in total. The quantitative estimate of drug-likeness (QED) is 0.661. The molecule has 2 N–H and O–H groups in total. The molecule has 0 spiro atoms. The van der Waals surface area contributed by atoms with Crippen LogP contribution in [0.4, 0.5) is 5.69 Å². The molecule has 0 radical (unpaired) electrons. The lowest BCUT2D eigenvalue weighted by atomic mass is 9.92. The summed E-state index contributed by atoms with van der Waals surface area (Å²) >= 11 is 5.77. The van der Waals surface area contributed by atoms with Crippen LogP contribution in [0.5, 0.6) is 0 Å². The van der Waals surface area contributed by atoms with E-state index in [1.165, 1.54) is 18.2 Å². The number of rotatable bonds is 3. The number of nitrogens with zero attached hydrogens (tertiary/aromatic N) is 1. The van der Waals surface area contributed by atoms with Crippen LogP contribution in [-0.4, -0.2) is 28.1 Å². The summed E-state index contributed by atoms with van der Waals surface area (Å²) in [6.07, 6.45) is 2.53. The highest BCUT2D eigenvalue weighted by Crippen LogP contribution is 2.28. The summed E-state index contributed by atoms with van der Waals surface area (Å²) in [7, 11) is 0. The fourth-order valence-corrected chi connectivity index (χ4v) is 2.65. The van der Waals surface area contributed by atoms with Gasteiger partial charge in [0.2, 0.25) is 0 Å². The highest BCUT2D eigenvalue weighted by Gasteiger charge is 2.28. The van der Waals surface area contributed by atoms with Gasteiger partial charge in [0.25, 0.3) is 5.91 Å². The van der Waals surface area contributed by atoms with E-state index >= 15 is 0 Å². The van der Waals surface area contributed by atoms with E-state index < -0.39 is 22.6 Å². The third-order valence-electron chi connectivity index (χ3n) is 3.46. The summed E-state index contributed by atoms with van der Waals surface area (Å²) in [4.78, 5) is 22.5. The normalized spacial score (nSPS) is 22.3. The zero-order chi connectivity index (χ0) is 14.7. The minimum absolute atomic E-state index is 0.0770. The molecule has 1 aromatic rings. The zero-order valence-electron chi connectivity index (χ0n) is 10.7. The largest absolute Gasteiger partial charge is 0.391 e. The van der Waals surface area contributed by atoms with Crippen LogP contribution in [-0.2, 0) is 0 Å². The lowest BCUT2D eigenvalue weighted by Crippen LogP contribution is -2.45. The molecule has 2 rings (SSSR count). The Hall–Kier alpha value is -1.66. The lowest BCUT2D eigenvalue weighted by molar-refractivity contribution is -0.385. The van der Waals surface area contributed by atoms with Gasteiger partial charge in [-0.25, -0.2) is 0 Å². The van der Waals surface area contributed by atoms with Crippen molar-refractivity contribution in [1.82, 2.24) is 5.32 Å². The molecule has 1 amide bonds. The molecule has 7 heteroatoms. The maximum absolute atomic E-state index is 12.2. The van der Waals surface area contributed by atoms with E-state index in [0.717, 1.165) is 12.8 Å². The molecule has 0 bridgehead atoms. The molecule has 1 aliphatic rings. The number of amides is 1. The molecule has 1 aliphatic carbocycles. The number of carbonyl (C=O) groups excluding carboxylic acids is 1. The van der Waals surface area contributed by atoms with Crippen LogP contribution in [0.1, 0.15) is 36.0 Å². The Bertz CT molecular complexity index is 535. The highest BCUT2D eigenvalue weighted by atomic mass is 35.5. The number of halogens is 1. The number of aliphatic hydroxyl groups excluding tert-OH is 1. The summed E-state index contributed by atoms with van der Waals surface area (Å²) in [6, 6.07) is 3.84. The van der Waals surface area contributed by atoms with Gasteiger partial charge in [0, 0.05) is 0 Å². The molecule has 0 heterocycles. The van der Waals surface area contributed by atoms with Crippen LogP contribution in [0.2, 0.25) is 5.02 Å². The van der Waals surface area contributed by atoms with Crippen molar-refractivity contribution in [1.29, 1.82) is 0 Å². The maximum Gasteiger partial charge on any atom is 0.300 e. The third-order valence-corrected chi connectivity index (χ3v) is 3.76. The predicted octanol–water partition coefficient (Wildman–Crippen LogP) is 2.28. The van der Waals surface area contributed by atoms with Crippen molar-refractivity contribution in [3.8, 4) is 0 Å². The van der Waals surface area contributed by atoms with E-state index in [1.807, 2.05) is 0 Å². The summed E-state index contributed by atoms with van der Waals surface area (Å²) in [5.41, 5.74) is -0.489. The smallest absolute Gasteiger partial charge is 0.300 e. The second-order valence-corrected chi connectivity index (χ2v) is 5.23. The number of carbonyl (C=O) groups is 1. The molecule has 0 unspecified atom stereocenters. The van der Waals surface area contributed by atoms with Crippen LogP contribution in [0.3, 0.4) is 0 Å². The average molecular weight is 299 g/mol. The Balaban J connectivity index is 2.21. The number of hydrogen-bond donors (Lipinski definition) is 2. The number of hydrogen-bond acceptors (Lipinski definition) is 4. The average Bonchev–Trinajstić information content (AvgIpc) is 2.40. The van der Waals surface area contributed by atoms with Crippen molar-refractivity contribution in [3.05, 3.63) is 38.9 Å². The summed E-state index contributed by atoms with van der Waals surface area (Å²) in [5, 5.41) is 23.4.